The molecule has 0 unspecified atom stereocenters. The van der Waals surface area contributed by atoms with Crippen molar-refractivity contribution in [1.29, 1.82) is 0 Å². The first-order valence-electron chi connectivity index (χ1n) is 10.0. The number of aliphatic imine (C=N–C) groups is 1. The van der Waals surface area contributed by atoms with Gasteiger partial charge in [0, 0.05) is 30.4 Å². The molecule has 3 N–H and O–H groups in total. The highest BCUT2D eigenvalue weighted by Gasteiger charge is 2.34. The summed E-state index contributed by atoms with van der Waals surface area (Å²) in [6, 6.07) is 11.3. The lowest BCUT2D eigenvalue weighted by Gasteiger charge is -2.37. The van der Waals surface area contributed by atoms with Gasteiger partial charge in [0.2, 0.25) is 10.0 Å². The third kappa shape index (κ3) is 6.18. The van der Waals surface area contributed by atoms with Crippen LogP contribution in [0.5, 0.6) is 0 Å². The number of nitrogens with zero attached hydrogens (tertiary/aromatic N) is 1. The van der Waals surface area contributed by atoms with Gasteiger partial charge < -0.3 is 10.6 Å². The van der Waals surface area contributed by atoms with Crippen LogP contribution in [0.4, 0.5) is 0 Å². The van der Waals surface area contributed by atoms with Gasteiger partial charge in [-0.05, 0) is 49.0 Å². The first kappa shape index (κ1) is 25.1. The molecule has 0 spiro atoms. The quantitative estimate of drug-likeness (QED) is 0.272. The highest BCUT2D eigenvalue weighted by Crippen LogP contribution is 2.41. The van der Waals surface area contributed by atoms with Gasteiger partial charge in [-0.1, -0.05) is 37.5 Å². The maximum absolute atomic E-state index is 11.8. The van der Waals surface area contributed by atoms with E-state index in [1.54, 1.807) is 19.2 Å². The van der Waals surface area contributed by atoms with Crippen molar-refractivity contribution in [3.05, 3.63) is 52.2 Å². The summed E-state index contributed by atoms with van der Waals surface area (Å²) in [6.45, 7) is 1.44. The van der Waals surface area contributed by atoms with Gasteiger partial charge in [0.25, 0.3) is 0 Å². The van der Waals surface area contributed by atoms with Crippen LogP contribution < -0.4 is 15.4 Å². The van der Waals surface area contributed by atoms with Crippen LogP contribution in [0.15, 0.2) is 51.7 Å². The van der Waals surface area contributed by atoms with Gasteiger partial charge in [0.15, 0.2) is 5.96 Å². The Morgan fingerprint density at radius 1 is 1.10 bits per heavy atom. The Morgan fingerprint density at radius 3 is 2.37 bits per heavy atom. The number of sulfonamides is 1. The molecule has 166 valence electrons. The van der Waals surface area contributed by atoms with Crippen LogP contribution in [0.3, 0.4) is 0 Å². The largest absolute Gasteiger partial charge is 0.355 e. The summed E-state index contributed by atoms with van der Waals surface area (Å²) in [7, 11) is -0.219. The number of nitrogens with one attached hydrogen (secondary N) is 3. The standard InChI is InChI=1S/C21H30N4O2S2.HI/c1-22-20(24-15-17-8-10-18(11-9-17)29(26,27)23-2)25-16-21(12-4-3-5-13-21)19-7-6-14-28-19;/h6-11,14,23H,3-5,12-13,15-16H2,1-2H3,(H2,22,24,25);1H. The molecule has 0 amide bonds. The molecule has 0 atom stereocenters. The first-order chi connectivity index (χ1) is 14.0. The molecule has 0 saturated heterocycles. The Balaban J connectivity index is 0.00000320. The fourth-order valence-corrected chi connectivity index (χ4v) is 5.60. The third-order valence-corrected chi connectivity index (χ3v) is 8.18. The lowest BCUT2D eigenvalue weighted by molar-refractivity contribution is 0.296. The molecule has 1 aliphatic carbocycles. The van der Waals surface area contributed by atoms with E-state index in [0.29, 0.717) is 6.54 Å². The van der Waals surface area contributed by atoms with E-state index < -0.39 is 10.0 Å². The van der Waals surface area contributed by atoms with Crippen LogP contribution in [-0.4, -0.2) is 35.0 Å². The van der Waals surface area contributed by atoms with Gasteiger partial charge in [-0.15, -0.1) is 35.3 Å². The van der Waals surface area contributed by atoms with E-state index in [-0.39, 0.29) is 34.3 Å². The highest BCUT2D eigenvalue weighted by atomic mass is 127. The van der Waals surface area contributed by atoms with Gasteiger partial charge in [0.05, 0.1) is 4.90 Å². The summed E-state index contributed by atoms with van der Waals surface area (Å²) in [6.07, 6.45) is 6.28. The number of thiophene rings is 1. The molecule has 1 aromatic carbocycles. The van der Waals surface area contributed by atoms with Gasteiger partial charge >= 0.3 is 0 Å². The fourth-order valence-electron chi connectivity index (χ4n) is 3.88. The van der Waals surface area contributed by atoms with E-state index in [1.165, 1.54) is 44.0 Å². The number of rotatable bonds is 7. The van der Waals surface area contributed by atoms with Crippen molar-refractivity contribution in [2.45, 2.75) is 49.0 Å². The molecular formula is C21H31IN4O2S2. The van der Waals surface area contributed by atoms with Crippen LogP contribution >= 0.6 is 35.3 Å². The van der Waals surface area contributed by atoms with Gasteiger partial charge in [-0.2, -0.15) is 0 Å². The Morgan fingerprint density at radius 2 is 1.80 bits per heavy atom. The molecule has 1 heterocycles. The van der Waals surface area contributed by atoms with Crippen LogP contribution in [0, 0.1) is 0 Å². The van der Waals surface area contributed by atoms with E-state index in [4.69, 9.17) is 0 Å². The molecule has 6 nitrogen and oxygen atoms in total. The minimum Gasteiger partial charge on any atom is -0.355 e. The zero-order chi connectivity index (χ0) is 20.7. The molecule has 1 aliphatic rings. The fraction of sp³-hybridized carbons (Fsp3) is 0.476. The van der Waals surface area contributed by atoms with Gasteiger partial charge in [0.1, 0.15) is 0 Å². The lowest BCUT2D eigenvalue weighted by atomic mass is 9.73. The minimum absolute atomic E-state index is 0. The summed E-state index contributed by atoms with van der Waals surface area (Å²) < 4.78 is 26.0. The number of hydrogen-bond acceptors (Lipinski definition) is 4. The number of guanidine groups is 1. The van der Waals surface area contributed by atoms with E-state index in [2.05, 4.69) is 37.9 Å². The maximum Gasteiger partial charge on any atom is 0.240 e. The molecular weight excluding hydrogens is 531 g/mol. The average molecular weight is 563 g/mol. The third-order valence-electron chi connectivity index (χ3n) is 5.63. The molecule has 30 heavy (non-hydrogen) atoms. The molecule has 3 rings (SSSR count). The van der Waals surface area contributed by atoms with Crippen molar-refractivity contribution < 1.29 is 8.42 Å². The van der Waals surface area contributed by atoms with Gasteiger partial charge in [-0.25, -0.2) is 13.1 Å². The van der Waals surface area contributed by atoms with Crippen molar-refractivity contribution in [3.8, 4) is 0 Å². The Hall–Kier alpha value is -1.17. The molecule has 2 aromatic rings. The lowest BCUT2D eigenvalue weighted by Crippen LogP contribution is -2.46. The highest BCUT2D eigenvalue weighted by molar-refractivity contribution is 14.0. The molecule has 1 aromatic heterocycles. The molecule has 9 heteroatoms. The number of halogens is 1. The van der Waals surface area contributed by atoms with Crippen LogP contribution in [-0.2, 0) is 22.0 Å². The normalized spacial score (nSPS) is 16.5. The SMILES string of the molecule is CN=C(NCc1ccc(S(=O)(=O)NC)cc1)NCC1(c2cccs2)CCCCC1.I. The van der Waals surface area contributed by atoms with Crippen molar-refractivity contribution >= 4 is 51.3 Å². The molecule has 0 radical (unpaired) electrons. The van der Waals surface area contributed by atoms with E-state index in [1.807, 2.05) is 23.5 Å². The Kier molecular flexibility index (Phi) is 9.58. The molecule has 0 aliphatic heterocycles. The Bertz CT molecular complexity index is 907. The van der Waals surface area contributed by atoms with E-state index in [0.717, 1.165) is 18.1 Å². The Labute approximate surface area is 201 Å². The van der Waals surface area contributed by atoms with Gasteiger partial charge in [-0.3, -0.25) is 4.99 Å². The topological polar surface area (TPSA) is 82.6 Å². The molecule has 0 bridgehead atoms. The summed E-state index contributed by atoms with van der Waals surface area (Å²) in [4.78, 5) is 6.09. The van der Waals surface area contributed by atoms with Crippen molar-refractivity contribution in [2.75, 3.05) is 20.6 Å². The smallest absolute Gasteiger partial charge is 0.240 e. The summed E-state index contributed by atoms with van der Waals surface area (Å²) in [5, 5.41) is 9.02. The second-order valence-corrected chi connectivity index (χ2v) is 10.3. The number of benzene rings is 1. The molecule has 1 saturated carbocycles. The molecule has 1 fully saturated rings. The second-order valence-electron chi connectivity index (χ2n) is 7.45. The minimum atomic E-state index is -3.41. The van der Waals surface area contributed by atoms with Crippen molar-refractivity contribution in [1.82, 2.24) is 15.4 Å². The summed E-state index contributed by atoms with van der Waals surface area (Å²) in [5.41, 5.74) is 1.18. The zero-order valence-corrected chi connectivity index (χ0v) is 21.4. The summed E-state index contributed by atoms with van der Waals surface area (Å²) in [5.74, 6) is 0.762. The average Bonchev–Trinajstić information content (AvgIpc) is 3.30. The first-order valence-corrected chi connectivity index (χ1v) is 12.4. The van der Waals surface area contributed by atoms with Crippen molar-refractivity contribution in [3.63, 3.8) is 0 Å². The monoisotopic (exact) mass is 562 g/mol. The second kappa shape index (κ2) is 11.4. The number of hydrogen-bond donors (Lipinski definition) is 3. The van der Waals surface area contributed by atoms with Crippen LogP contribution in [0.2, 0.25) is 0 Å². The maximum atomic E-state index is 11.8. The van der Waals surface area contributed by atoms with Crippen LogP contribution in [0.1, 0.15) is 42.5 Å². The van der Waals surface area contributed by atoms with Crippen LogP contribution in [0.25, 0.3) is 0 Å². The van der Waals surface area contributed by atoms with E-state index in [9.17, 15) is 8.42 Å². The predicted molar refractivity (Wildman–Crippen MR) is 135 cm³/mol. The summed E-state index contributed by atoms with van der Waals surface area (Å²) >= 11 is 1.85. The zero-order valence-electron chi connectivity index (χ0n) is 17.5. The van der Waals surface area contributed by atoms with E-state index >= 15 is 0 Å². The van der Waals surface area contributed by atoms with Crippen molar-refractivity contribution in [2.24, 2.45) is 4.99 Å². The predicted octanol–water partition coefficient (Wildman–Crippen LogP) is 3.84.